The average Bonchev–Trinajstić information content (AvgIpc) is 2.62. The van der Waals surface area contributed by atoms with Gasteiger partial charge in [-0.1, -0.05) is 13.3 Å². The van der Waals surface area contributed by atoms with E-state index in [1.165, 1.54) is 12.1 Å². The fourth-order valence-corrected chi connectivity index (χ4v) is 1.94. The van der Waals surface area contributed by atoms with E-state index in [1.807, 2.05) is 6.92 Å². The second-order valence-corrected chi connectivity index (χ2v) is 4.14. The number of nitrogens with zero attached hydrogens (tertiary/aromatic N) is 2. The van der Waals surface area contributed by atoms with Crippen molar-refractivity contribution in [3.8, 4) is 5.69 Å². The maximum Gasteiger partial charge on any atom is 0.123 e. The first-order valence-corrected chi connectivity index (χ1v) is 5.72. The van der Waals surface area contributed by atoms with E-state index in [4.69, 9.17) is 5.73 Å². The smallest absolute Gasteiger partial charge is 0.123 e. The standard InChI is InChI=1S/C13H16FN3/c1-3-4-13-11(15)8-16-17(13)12-6-5-10(14)7-9(12)2/h5-8H,3-4,15H2,1-2H3. The molecule has 2 N–H and O–H groups in total. The van der Waals surface area contributed by atoms with Crippen molar-refractivity contribution in [2.45, 2.75) is 26.7 Å². The van der Waals surface area contributed by atoms with Gasteiger partial charge in [-0.05, 0) is 37.1 Å². The van der Waals surface area contributed by atoms with Crippen LogP contribution in [0.4, 0.5) is 10.1 Å². The first-order valence-electron chi connectivity index (χ1n) is 5.72. The van der Waals surface area contributed by atoms with Gasteiger partial charge in [0.05, 0.1) is 23.3 Å². The highest BCUT2D eigenvalue weighted by Gasteiger charge is 2.11. The van der Waals surface area contributed by atoms with Gasteiger partial charge in [-0.25, -0.2) is 9.07 Å². The monoisotopic (exact) mass is 233 g/mol. The fraction of sp³-hybridized carbons (Fsp3) is 0.308. The molecular formula is C13H16FN3. The van der Waals surface area contributed by atoms with Crippen molar-refractivity contribution in [3.63, 3.8) is 0 Å². The molecule has 2 aromatic rings. The molecule has 1 heterocycles. The molecule has 90 valence electrons. The van der Waals surface area contributed by atoms with Crippen LogP contribution in [0, 0.1) is 12.7 Å². The number of hydrogen-bond acceptors (Lipinski definition) is 2. The zero-order valence-corrected chi connectivity index (χ0v) is 10.1. The molecule has 0 bridgehead atoms. The van der Waals surface area contributed by atoms with Gasteiger partial charge in [-0.3, -0.25) is 0 Å². The summed E-state index contributed by atoms with van der Waals surface area (Å²) in [6.45, 7) is 3.96. The molecule has 0 aliphatic heterocycles. The summed E-state index contributed by atoms with van der Waals surface area (Å²) in [6.07, 6.45) is 3.51. The van der Waals surface area contributed by atoms with Crippen LogP contribution in [0.15, 0.2) is 24.4 Å². The Bertz CT molecular complexity index is 531. The summed E-state index contributed by atoms with van der Waals surface area (Å²) in [6, 6.07) is 4.68. The number of nitrogens with two attached hydrogens (primary N) is 1. The predicted octanol–water partition coefficient (Wildman–Crippen LogP) is 2.85. The van der Waals surface area contributed by atoms with Crippen LogP contribution in [0.2, 0.25) is 0 Å². The van der Waals surface area contributed by atoms with Crippen molar-refractivity contribution >= 4 is 5.69 Å². The minimum Gasteiger partial charge on any atom is -0.396 e. The third-order valence-electron chi connectivity index (χ3n) is 2.78. The van der Waals surface area contributed by atoms with Crippen molar-refractivity contribution in [2.24, 2.45) is 0 Å². The molecule has 17 heavy (non-hydrogen) atoms. The second-order valence-electron chi connectivity index (χ2n) is 4.14. The Morgan fingerprint density at radius 2 is 2.18 bits per heavy atom. The number of rotatable bonds is 3. The van der Waals surface area contributed by atoms with E-state index in [0.717, 1.165) is 29.8 Å². The normalized spacial score (nSPS) is 10.8. The summed E-state index contributed by atoms with van der Waals surface area (Å²) in [5, 5.41) is 4.26. The molecule has 0 saturated heterocycles. The summed E-state index contributed by atoms with van der Waals surface area (Å²) in [7, 11) is 0. The van der Waals surface area contributed by atoms with Crippen LogP contribution >= 0.6 is 0 Å². The second kappa shape index (κ2) is 4.57. The lowest BCUT2D eigenvalue weighted by atomic mass is 10.1. The molecule has 3 nitrogen and oxygen atoms in total. The third kappa shape index (κ3) is 2.16. The minimum absolute atomic E-state index is 0.233. The van der Waals surface area contributed by atoms with Crippen LogP contribution in [0.1, 0.15) is 24.6 Å². The van der Waals surface area contributed by atoms with E-state index in [0.29, 0.717) is 5.69 Å². The van der Waals surface area contributed by atoms with Gasteiger partial charge < -0.3 is 5.73 Å². The largest absolute Gasteiger partial charge is 0.396 e. The van der Waals surface area contributed by atoms with Crippen molar-refractivity contribution in [1.29, 1.82) is 0 Å². The molecule has 0 atom stereocenters. The maximum atomic E-state index is 13.1. The molecule has 1 aromatic heterocycles. The predicted molar refractivity (Wildman–Crippen MR) is 66.7 cm³/mol. The van der Waals surface area contributed by atoms with E-state index in [9.17, 15) is 4.39 Å². The number of halogens is 1. The number of aryl methyl sites for hydroxylation is 1. The SMILES string of the molecule is CCCc1c(N)cnn1-c1ccc(F)cc1C. The van der Waals surface area contributed by atoms with Crippen molar-refractivity contribution < 1.29 is 4.39 Å². The summed E-state index contributed by atoms with van der Waals surface area (Å²) in [5.74, 6) is -0.233. The van der Waals surface area contributed by atoms with Crippen LogP contribution in [0.5, 0.6) is 0 Å². The molecule has 0 amide bonds. The van der Waals surface area contributed by atoms with Crippen molar-refractivity contribution in [1.82, 2.24) is 9.78 Å². The van der Waals surface area contributed by atoms with Gasteiger partial charge in [0.2, 0.25) is 0 Å². The van der Waals surface area contributed by atoms with Gasteiger partial charge in [-0.15, -0.1) is 0 Å². The van der Waals surface area contributed by atoms with Gasteiger partial charge in [0.15, 0.2) is 0 Å². The summed E-state index contributed by atoms with van der Waals surface area (Å²) in [5.41, 5.74) is 9.30. The van der Waals surface area contributed by atoms with E-state index in [-0.39, 0.29) is 5.82 Å². The first-order chi connectivity index (χ1) is 8.13. The number of benzene rings is 1. The average molecular weight is 233 g/mol. The van der Waals surface area contributed by atoms with E-state index in [2.05, 4.69) is 12.0 Å². The van der Waals surface area contributed by atoms with E-state index < -0.39 is 0 Å². The summed E-state index contributed by atoms with van der Waals surface area (Å²) >= 11 is 0. The number of aromatic nitrogens is 2. The molecule has 4 heteroatoms. The Kier molecular flexibility index (Phi) is 3.13. The van der Waals surface area contributed by atoms with Crippen LogP contribution in [-0.2, 0) is 6.42 Å². The lowest BCUT2D eigenvalue weighted by molar-refractivity contribution is 0.625. The highest BCUT2D eigenvalue weighted by molar-refractivity contribution is 5.48. The zero-order valence-electron chi connectivity index (χ0n) is 10.1. The quantitative estimate of drug-likeness (QED) is 0.885. The lowest BCUT2D eigenvalue weighted by Gasteiger charge is -2.10. The topological polar surface area (TPSA) is 43.8 Å². The molecule has 0 aliphatic rings. The van der Waals surface area contributed by atoms with Crippen LogP contribution in [-0.4, -0.2) is 9.78 Å². The molecule has 0 radical (unpaired) electrons. The Morgan fingerprint density at radius 3 is 2.82 bits per heavy atom. The Balaban J connectivity index is 2.52. The number of anilines is 1. The Labute approximate surface area is 100 Å². The summed E-state index contributed by atoms with van der Waals surface area (Å²) in [4.78, 5) is 0. The molecule has 0 saturated carbocycles. The minimum atomic E-state index is -0.233. The maximum absolute atomic E-state index is 13.1. The van der Waals surface area contributed by atoms with Gasteiger partial charge in [0, 0.05) is 0 Å². The molecule has 0 unspecified atom stereocenters. The van der Waals surface area contributed by atoms with Crippen LogP contribution in [0.25, 0.3) is 5.69 Å². The molecule has 0 spiro atoms. The van der Waals surface area contributed by atoms with Crippen molar-refractivity contribution in [2.75, 3.05) is 5.73 Å². The van der Waals surface area contributed by atoms with Crippen LogP contribution in [0.3, 0.4) is 0 Å². The molecule has 1 aromatic carbocycles. The lowest BCUT2D eigenvalue weighted by Crippen LogP contribution is -2.05. The van der Waals surface area contributed by atoms with Crippen molar-refractivity contribution in [3.05, 3.63) is 41.5 Å². The Morgan fingerprint density at radius 1 is 1.41 bits per heavy atom. The highest BCUT2D eigenvalue weighted by Crippen LogP contribution is 2.21. The van der Waals surface area contributed by atoms with Gasteiger partial charge in [0.1, 0.15) is 5.82 Å². The highest BCUT2D eigenvalue weighted by atomic mass is 19.1. The molecule has 0 fully saturated rings. The Hall–Kier alpha value is -1.84. The molecule has 0 aliphatic carbocycles. The third-order valence-corrected chi connectivity index (χ3v) is 2.78. The first kappa shape index (κ1) is 11.6. The fourth-order valence-electron chi connectivity index (χ4n) is 1.94. The van der Waals surface area contributed by atoms with Crippen LogP contribution < -0.4 is 5.73 Å². The zero-order chi connectivity index (χ0) is 12.4. The van der Waals surface area contributed by atoms with Gasteiger partial charge >= 0.3 is 0 Å². The summed E-state index contributed by atoms with van der Waals surface area (Å²) < 4.78 is 14.9. The number of nitrogen functional groups attached to an aromatic ring is 1. The number of hydrogen-bond donors (Lipinski definition) is 1. The van der Waals surface area contributed by atoms with E-state index in [1.54, 1.807) is 16.9 Å². The van der Waals surface area contributed by atoms with Gasteiger partial charge in [0.25, 0.3) is 0 Å². The molecular weight excluding hydrogens is 217 g/mol. The van der Waals surface area contributed by atoms with E-state index >= 15 is 0 Å². The van der Waals surface area contributed by atoms with Gasteiger partial charge in [-0.2, -0.15) is 5.10 Å². The molecule has 2 rings (SSSR count).